The SMILES string of the molecule is C1=CC(c2ccc3scc(C4=CNNC=C4)c3n2)=CC1. The van der Waals surface area contributed by atoms with E-state index in [2.05, 4.69) is 52.7 Å². The van der Waals surface area contributed by atoms with Crippen molar-refractivity contribution in [3.63, 3.8) is 0 Å². The van der Waals surface area contributed by atoms with Gasteiger partial charge in [-0.05, 0) is 30.2 Å². The number of allylic oxidation sites excluding steroid dienone is 6. The van der Waals surface area contributed by atoms with E-state index in [1.807, 2.05) is 12.4 Å². The Morgan fingerprint density at radius 2 is 2.10 bits per heavy atom. The molecule has 2 aliphatic rings. The molecular formula is C16H13N3S. The van der Waals surface area contributed by atoms with Crippen LogP contribution in [-0.2, 0) is 0 Å². The summed E-state index contributed by atoms with van der Waals surface area (Å²) in [5, 5.41) is 2.17. The zero-order valence-corrected chi connectivity index (χ0v) is 11.6. The van der Waals surface area contributed by atoms with Gasteiger partial charge in [0.2, 0.25) is 0 Å². The van der Waals surface area contributed by atoms with E-state index in [4.69, 9.17) is 4.98 Å². The molecule has 0 unspecified atom stereocenters. The van der Waals surface area contributed by atoms with Gasteiger partial charge in [-0.25, -0.2) is 4.98 Å². The fraction of sp³-hybridized carbons (Fsp3) is 0.0625. The van der Waals surface area contributed by atoms with Crippen LogP contribution in [0.2, 0.25) is 0 Å². The molecule has 0 saturated carbocycles. The Kier molecular flexibility index (Phi) is 2.67. The van der Waals surface area contributed by atoms with Crippen molar-refractivity contribution in [2.75, 3.05) is 0 Å². The van der Waals surface area contributed by atoms with Gasteiger partial charge in [0, 0.05) is 28.9 Å². The largest absolute Gasteiger partial charge is 0.309 e. The normalized spacial score (nSPS) is 16.8. The average Bonchev–Trinajstić information content (AvgIpc) is 3.17. The Hall–Kier alpha value is -2.33. The molecule has 0 aromatic carbocycles. The van der Waals surface area contributed by atoms with E-state index in [1.165, 1.54) is 15.8 Å². The summed E-state index contributed by atoms with van der Waals surface area (Å²) in [5.41, 5.74) is 11.6. The van der Waals surface area contributed by atoms with Crippen LogP contribution in [0.4, 0.5) is 0 Å². The summed E-state index contributed by atoms with van der Waals surface area (Å²) in [4.78, 5) is 4.86. The van der Waals surface area contributed by atoms with Crippen molar-refractivity contribution in [1.29, 1.82) is 0 Å². The van der Waals surface area contributed by atoms with Crippen molar-refractivity contribution < 1.29 is 0 Å². The van der Waals surface area contributed by atoms with Gasteiger partial charge in [-0.2, -0.15) is 0 Å². The summed E-state index contributed by atoms with van der Waals surface area (Å²) in [5.74, 6) is 0. The molecule has 4 heteroatoms. The third-order valence-corrected chi connectivity index (χ3v) is 4.39. The molecule has 98 valence electrons. The van der Waals surface area contributed by atoms with Crippen molar-refractivity contribution in [3.05, 3.63) is 65.5 Å². The van der Waals surface area contributed by atoms with E-state index < -0.39 is 0 Å². The third-order valence-electron chi connectivity index (χ3n) is 3.45. The molecule has 3 nitrogen and oxygen atoms in total. The maximum atomic E-state index is 4.86. The van der Waals surface area contributed by atoms with Crippen molar-refractivity contribution in [2.45, 2.75) is 6.42 Å². The van der Waals surface area contributed by atoms with Gasteiger partial charge in [0.25, 0.3) is 0 Å². The monoisotopic (exact) mass is 279 g/mol. The molecule has 4 rings (SSSR count). The second-order valence-electron chi connectivity index (χ2n) is 4.71. The zero-order chi connectivity index (χ0) is 13.4. The van der Waals surface area contributed by atoms with Crippen molar-refractivity contribution in [1.82, 2.24) is 15.8 Å². The Labute approximate surface area is 121 Å². The third kappa shape index (κ3) is 1.85. The van der Waals surface area contributed by atoms with Gasteiger partial charge >= 0.3 is 0 Å². The minimum absolute atomic E-state index is 1.01. The van der Waals surface area contributed by atoms with Crippen LogP contribution in [0, 0.1) is 0 Å². The number of nitrogens with one attached hydrogen (secondary N) is 2. The summed E-state index contributed by atoms with van der Waals surface area (Å²) >= 11 is 1.74. The summed E-state index contributed by atoms with van der Waals surface area (Å²) in [6, 6.07) is 4.27. The number of thiophene rings is 1. The molecule has 3 heterocycles. The minimum atomic E-state index is 1.01. The molecule has 0 amide bonds. The van der Waals surface area contributed by atoms with E-state index in [9.17, 15) is 0 Å². The molecule has 1 aliphatic heterocycles. The molecule has 2 aromatic rings. The topological polar surface area (TPSA) is 37.0 Å². The van der Waals surface area contributed by atoms with E-state index >= 15 is 0 Å². The standard InChI is InChI=1S/C16H13N3S/c1-2-4-11(3-1)14-5-6-15-16(19-14)13(10-20-15)12-7-8-17-18-9-12/h1,3-10,17-18H,2H2. The highest BCUT2D eigenvalue weighted by Crippen LogP contribution is 2.32. The van der Waals surface area contributed by atoms with Gasteiger partial charge < -0.3 is 10.9 Å². The summed E-state index contributed by atoms with van der Waals surface area (Å²) in [7, 11) is 0. The first-order valence-electron chi connectivity index (χ1n) is 6.55. The van der Waals surface area contributed by atoms with E-state index in [0.29, 0.717) is 0 Å². The second kappa shape index (κ2) is 4.65. The van der Waals surface area contributed by atoms with Crippen LogP contribution in [0.25, 0.3) is 21.4 Å². The molecule has 2 N–H and O–H groups in total. The van der Waals surface area contributed by atoms with E-state index in [1.54, 1.807) is 11.3 Å². The highest BCUT2D eigenvalue weighted by Gasteiger charge is 2.12. The van der Waals surface area contributed by atoms with E-state index in [-0.39, 0.29) is 0 Å². The second-order valence-corrected chi connectivity index (χ2v) is 5.62. The van der Waals surface area contributed by atoms with Crippen LogP contribution < -0.4 is 10.9 Å². The van der Waals surface area contributed by atoms with E-state index in [0.717, 1.165) is 23.2 Å². The quantitative estimate of drug-likeness (QED) is 0.882. The molecule has 0 spiro atoms. The molecule has 2 aromatic heterocycles. The first-order chi connectivity index (χ1) is 9.92. The Morgan fingerprint density at radius 1 is 1.10 bits per heavy atom. The number of fused-ring (bicyclic) bond motifs is 1. The predicted molar refractivity (Wildman–Crippen MR) is 84.7 cm³/mol. The Bertz CT molecular complexity index is 793. The lowest BCUT2D eigenvalue weighted by molar-refractivity contribution is 0.771. The maximum absolute atomic E-state index is 4.86. The van der Waals surface area contributed by atoms with Gasteiger partial charge in [0.05, 0.1) is 15.9 Å². The highest BCUT2D eigenvalue weighted by molar-refractivity contribution is 7.17. The lowest BCUT2D eigenvalue weighted by atomic mass is 10.1. The smallest absolute Gasteiger partial charge is 0.0896 e. The Morgan fingerprint density at radius 3 is 2.90 bits per heavy atom. The fourth-order valence-electron chi connectivity index (χ4n) is 2.44. The van der Waals surface area contributed by atoms with Crippen LogP contribution in [0.5, 0.6) is 0 Å². The first-order valence-corrected chi connectivity index (χ1v) is 7.43. The lowest BCUT2D eigenvalue weighted by Crippen LogP contribution is -2.23. The first kappa shape index (κ1) is 11.5. The van der Waals surface area contributed by atoms with Crippen LogP contribution in [0.3, 0.4) is 0 Å². The molecular weight excluding hydrogens is 266 g/mol. The number of hydrogen-bond donors (Lipinski definition) is 2. The predicted octanol–water partition coefficient (Wildman–Crippen LogP) is 3.60. The van der Waals surface area contributed by atoms with Crippen molar-refractivity contribution in [3.8, 4) is 0 Å². The Balaban J connectivity index is 1.86. The number of rotatable bonds is 2. The summed E-state index contributed by atoms with van der Waals surface area (Å²) in [6.45, 7) is 0. The van der Waals surface area contributed by atoms with Gasteiger partial charge in [-0.3, -0.25) is 0 Å². The number of nitrogens with zero attached hydrogens (tertiary/aromatic N) is 1. The molecule has 1 aliphatic carbocycles. The fourth-order valence-corrected chi connectivity index (χ4v) is 3.35. The van der Waals surface area contributed by atoms with Crippen molar-refractivity contribution in [2.24, 2.45) is 0 Å². The van der Waals surface area contributed by atoms with Crippen LogP contribution in [0.15, 0.2) is 54.2 Å². The summed E-state index contributed by atoms with van der Waals surface area (Å²) in [6.07, 6.45) is 13.4. The maximum Gasteiger partial charge on any atom is 0.0896 e. The average molecular weight is 279 g/mol. The molecule has 0 atom stereocenters. The van der Waals surface area contributed by atoms with Crippen LogP contribution >= 0.6 is 11.3 Å². The lowest BCUT2D eigenvalue weighted by Gasteiger charge is -2.09. The molecule has 0 bridgehead atoms. The van der Waals surface area contributed by atoms with Crippen LogP contribution in [-0.4, -0.2) is 4.98 Å². The van der Waals surface area contributed by atoms with Gasteiger partial charge in [0.15, 0.2) is 0 Å². The van der Waals surface area contributed by atoms with Gasteiger partial charge in [0.1, 0.15) is 0 Å². The molecule has 0 fully saturated rings. The number of pyridine rings is 1. The van der Waals surface area contributed by atoms with Gasteiger partial charge in [-0.15, -0.1) is 11.3 Å². The highest BCUT2D eigenvalue weighted by atomic mass is 32.1. The molecule has 20 heavy (non-hydrogen) atoms. The number of aromatic nitrogens is 1. The molecule has 0 radical (unpaired) electrons. The number of hydrazine groups is 1. The summed E-state index contributed by atoms with van der Waals surface area (Å²) < 4.78 is 1.22. The van der Waals surface area contributed by atoms with Crippen molar-refractivity contribution >= 4 is 32.7 Å². The molecule has 0 saturated heterocycles. The van der Waals surface area contributed by atoms with Crippen LogP contribution in [0.1, 0.15) is 17.7 Å². The number of hydrogen-bond acceptors (Lipinski definition) is 4. The minimum Gasteiger partial charge on any atom is -0.309 e. The van der Waals surface area contributed by atoms with Gasteiger partial charge in [-0.1, -0.05) is 18.2 Å². The zero-order valence-electron chi connectivity index (χ0n) is 10.8.